The summed E-state index contributed by atoms with van der Waals surface area (Å²) < 4.78 is 25.7. The first kappa shape index (κ1) is 24.5. The fourth-order valence-corrected chi connectivity index (χ4v) is 5.96. The van der Waals surface area contributed by atoms with Crippen LogP contribution in [0.1, 0.15) is 54.7 Å². The lowest BCUT2D eigenvalue weighted by atomic mass is 9.87. The van der Waals surface area contributed by atoms with Crippen molar-refractivity contribution < 1.29 is 13.2 Å². The van der Waals surface area contributed by atoms with Crippen LogP contribution in [0.5, 0.6) is 0 Å². The molecule has 1 aromatic heterocycles. The number of amides is 1. The van der Waals surface area contributed by atoms with Crippen LogP contribution in [0.3, 0.4) is 0 Å². The van der Waals surface area contributed by atoms with E-state index < -0.39 is 15.8 Å². The third kappa shape index (κ3) is 6.07. The average molecular weight is 500 g/mol. The van der Waals surface area contributed by atoms with Gasteiger partial charge in [-0.2, -0.15) is 5.10 Å². The van der Waals surface area contributed by atoms with E-state index in [1.54, 1.807) is 22.9 Å². The molecule has 0 radical (unpaired) electrons. The van der Waals surface area contributed by atoms with E-state index in [1.807, 2.05) is 6.20 Å². The van der Waals surface area contributed by atoms with Gasteiger partial charge in [-0.15, -0.1) is 0 Å². The van der Waals surface area contributed by atoms with E-state index in [4.69, 9.17) is 11.6 Å². The van der Waals surface area contributed by atoms with E-state index in [0.29, 0.717) is 24.7 Å². The fourth-order valence-electron chi connectivity index (χ4n) is 4.62. The number of carbonyl (C=O) groups excluding carboxylic acids is 1. The molecule has 2 aromatic carbocycles. The van der Waals surface area contributed by atoms with E-state index in [1.165, 1.54) is 24.5 Å². The van der Waals surface area contributed by atoms with Crippen molar-refractivity contribution in [3.63, 3.8) is 0 Å². The molecule has 1 amide bonds. The largest absolute Gasteiger partial charge is 0.309 e. The molecule has 1 aliphatic rings. The van der Waals surface area contributed by atoms with Crippen molar-refractivity contribution in [2.45, 2.75) is 56.4 Å². The molecule has 4 rings (SSSR count). The zero-order valence-electron chi connectivity index (χ0n) is 19.5. The number of anilines is 1. The lowest BCUT2D eigenvalue weighted by molar-refractivity contribution is -0.118. The second-order valence-electron chi connectivity index (χ2n) is 9.27. The standard InChI is InChI=1S/C26H30ClN3O3S/c1-18-7-9-20(10-8-18)17-30-14-13-25(29-30)28-26(31)22(15-19-5-3-4-6-19)21-11-12-24(23(27)16-21)34(2,32)33/h7-14,16,19,22H,3-6,15,17H2,1-2H3,(H,28,29,31). The first-order valence-corrected chi connectivity index (χ1v) is 13.9. The van der Waals surface area contributed by atoms with Gasteiger partial charge in [0.15, 0.2) is 15.7 Å². The third-order valence-corrected chi connectivity index (χ3v) is 8.05. The highest BCUT2D eigenvalue weighted by Gasteiger charge is 2.28. The molecule has 0 saturated heterocycles. The first-order chi connectivity index (χ1) is 16.2. The van der Waals surface area contributed by atoms with E-state index in [9.17, 15) is 13.2 Å². The van der Waals surface area contributed by atoms with Crippen molar-refractivity contribution in [2.75, 3.05) is 11.6 Å². The third-order valence-electron chi connectivity index (χ3n) is 6.48. The molecule has 0 bridgehead atoms. The zero-order valence-corrected chi connectivity index (χ0v) is 21.1. The topological polar surface area (TPSA) is 81.1 Å². The number of aromatic nitrogens is 2. The van der Waals surface area contributed by atoms with E-state index in [0.717, 1.165) is 30.2 Å². The molecule has 1 unspecified atom stereocenters. The lowest BCUT2D eigenvalue weighted by Gasteiger charge is -2.21. The van der Waals surface area contributed by atoms with Gasteiger partial charge < -0.3 is 5.32 Å². The van der Waals surface area contributed by atoms with Crippen molar-refractivity contribution in [3.8, 4) is 0 Å². The molecule has 1 heterocycles. The first-order valence-electron chi connectivity index (χ1n) is 11.6. The van der Waals surface area contributed by atoms with Crippen LogP contribution in [0.2, 0.25) is 5.02 Å². The number of benzene rings is 2. The Morgan fingerprint density at radius 2 is 1.85 bits per heavy atom. The highest BCUT2D eigenvalue weighted by molar-refractivity contribution is 7.90. The number of rotatable bonds is 8. The van der Waals surface area contributed by atoms with Crippen molar-refractivity contribution in [3.05, 3.63) is 76.4 Å². The second kappa shape index (κ2) is 10.3. The van der Waals surface area contributed by atoms with Gasteiger partial charge in [-0.1, -0.05) is 73.2 Å². The molecule has 1 aliphatic carbocycles. The van der Waals surface area contributed by atoms with Crippen LogP contribution >= 0.6 is 11.6 Å². The minimum Gasteiger partial charge on any atom is -0.309 e. The highest BCUT2D eigenvalue weighted by Crippen LogP contribution is 2.36. The summed E-state index contributed by atoms with van der Waals surface area (Å²) >= 11 is 6.30. The summed E-state index contributed by atoms with van der Waals surface area (Å²) in [6.45, 7) is 2.67. The van der Waals surface area contributed by atoms with Gasteiger partial charge in [0, 0.05) is 18.5 Å². The molecule has 180 valence electrons. The van der Waals surface area contributed by atoms with Crippen LogP contribution in [0, 0.1) is 12.8 Å². The summed E-state index contributed by atoms with van der Waals surface area (Å²) in [5, 5.41) is 7.63. The predicted molar refractivity (Wildman–Crippen MR) is 135 cm³/mol. The van der Waals surface area contributed by atoms with Crippen LogP contribution in [0.25, 0.3) is 0 Å². The van der Waals surface area contributed by atoms with E-state index in [2.05, 4.69) is 41.6 Å². The summed E-state index contributed by atoms with van der Waals surface area (Å²) in [7, 11) is -3.44. The van der Waals surface area contributed by atoms with Crippen molar-refractivity contribution in [1.29, 1.82) is 0 Å². The number of carbonyl (C=O) groups is 1. The molecule has 1 atom stereocenters. The monoisotopic (exact) mass is 499 g/mol. The molecule has 3 aromatic rings. The molecule has 8 heteroatoms. The number of aryl methyl sites for hydroxylation is 1. The Bertz CT molecular complexity index is 1260. The summed E-state index contributed by atoms with van der Waals surface area (Å²) in [4.78, 5) is 13.5. The number of hydrogen-bond donors (Lipinski definition) is 1. The SMILES string of the molecule is Cc1ccc(Cn2ccc(NC(=O)C(CC3CCCC3)c3ccc(S(C)(=O)=O)c(Cl)c3)n2)cc1. The van der Waals surface area contributed by atoms with Crippen LogP contribution in [0.15, 0.2) is 59.6 Å². The van der Waals surface area contributed by atoms with Gasteiger partial charge in [0.05, 0.1) is 22.4 Å². The normalized spacial score (nSPS) is 15.4. The number of hydrogen-bond acceptors (Lipinski definition) is 4. The Morgan fingerprint density at radius 1 is 1.15 bits per heavy atom. The van der Waals surface area contributed by atoms with Gasteiger partial charge in [0.25, 0.3) is 0 Å². The molecular weight excluding hydrogens is 470 g/mol. The van der Waals surface area contributed by atoms with Gasteiger partial charge in [0.2, 0.25) is 5.91 Å². The van der Waals surface area contributed by atoms with Crippen LogP contribution < -0.4 is 5.32 Å². The van der Waals surface area contributed by atoms with Crippen LogP contribution in [-0.4, -0.2) is 30.4 Å². The number of nitrogens with zero attached hydrogens (tertiary/aromatic N) is 2. The summed E-state index contributed by atoms with van der Waals surface area (Å²) in [6, 6.07) is 14.9. The summed E-state index contributed by atoms with van der Waals surface area (Å²) in [5.74, 6) is 0.364. The number of sulfone groups is 1. The van der Waals surface area contributed by atoms with Crippen molar-refractivity contribution >= 4 is 33.2 Å². The average Bonchev–Trinajstić information content (AvgIpc) is 3.44. The maximum Gasteiger partial charge on any atom is 0.233 e. The van der Waals surface area contributed by atoms with Gasteiger partial charge in [-0.05, 0) is 42.5 Å². The molecule has 0 spiro atoms. The number of halogens is 1. The Kier molecular flexibility index (Phi) is 7.43. The van der Waals surface area contributed by atoms with Crippen LogP contribution in [0.4, 0.5) is 5.82 Å². The highest BCUT2D eigenvalue weighted by atomic mass is 35.5. The van der Waals surface area contributed by atoms with Gasteiger partial charge in [-0.3, -0.25) is 9.48 Å². The molecule has 6 nitrogen and oxygen atoms in total. The van der Waals surface area contributed by atoms with Crippen LogP contribution in [-0.2, 0) is 21.2 Å². The molecule has 34 heavy (non-hydrogen) atoms. The lowest BCUT2D eigenvalue weighted by Crippen LogP contribution is -2.23. The van der Waals surface area contributed by atoms with Gasteiger partial charge in [-0.25, -0.2) is 8.42 Å². The van der Waals surface area contributed by atoms with Gasteiger partial charge >= 0.3 is 0 Å². The molecular formula is C26H30ClN3O3S. The fraction of sp³-hybridized carbons (Fsp3) is 0.385. The molecule has 1 N–H and O–H groups in total. The Morgan fingerprint density at radius 3 is 2.50 bits per heavy atom. The molecule has 1 fully saturated rings. The van der Waals surface area contributed by atoms with Crippen molar-refractivity contribution in [2.24, 2.45) is 5.92 Å². The Balaban J connectivity index is 1.52. The maximum atomic E-state index is 13.4. The zero-order chi connectivity index (χ0) is 24.3. The quantitative estimate of drug-likeness (QED) is 0.437. The predicted octanol–water partition coefficient (Wildman–Crippen LogP) is 5.60. The summed E-state index contributed by atoms with van der Waals surface area (Å²) in [5.41, 5.74) is 3.06. The second-order valence-corrected chi connectivity index (χ2v) is 11.7. The minimum absolute atomic E-state index is 0.0767. The minimum atomic E-state index is -3.44. The Labute approximate surface area is 206 Å². The smallest absolute Gasteiger partial charge is 0.233 e. The maximum absolute atomic E-state index is 13.4. The van der Waals surface area contributed by atoms with E-state index >= 15 is 0 Å². The van der Waals surface area contributed by atoms with E-state index in [-0.39, 0.29) is 15.8 Å². The molecule has 0 aliphatic heterocycles. The Hall–Kier alpha value is -2.64. The number of nitrogens with one attached hydrogen (secondary N) is 1. The van der Waals surface area contributed by atoms with Gasteiger partial charge in [0.1, 0.15) is 0 Å². The summed E-state index contributed by atoms with van der Waals surface area (Å²) in [6.07, 6.45) is 8.23. The van der Waals surface area contributed by atoms with Crippen molar-refractivity contribution in [1.82, 2.24) is 9.78 Å². The molecule has 1 saturated carbocycles.